The Morgan fingerprint density at radius 3 is 2.37 bits per heavy atom. The zero-order chi connectivity index (χ0) is 18.5. The SMILES string of the molecule is O=C(NC(c1ccccc1)c1ccccn1)c1ccc(-n2cncn2)cc1. The predicted molar refractivity (Wildman–Crippen MR) is 101 cm³/mol. The van der Waals surface area contributed by atoms with E-state index in [9.17, 15) is 4.79 Å². The molecule has 6 nitrogen and oxygen atoms in total. The second kappa shape index (κ2) is 7.61. The van der Waals surface area contributed by atoms with Crippen LogP contribution >= 0.6 is 0 Å². The Balaban J connectivity index is 1.58. The molecule has 4 aromatic rings. The van der Waals surface area contributed by atoms with Gasteiger partial charge in [-0.2, -0.15) is 5.10 Å². The summed E-state index contributed by atoms with van der Waals surface area (Å²) in [6, 6.07) is 22.4. The smallest absolute Gasteiger partial charge is 0.252 e. The van der Waals surface area contributed by atoms with Crippen LogP contribution in [0.2, 0.25) is 0 Å². The Labute approximate surface area is 156 Å². The number of nitrogens with zero attached hydrogens (tertiary/aromatic N) is 4. The maximum absolute atomic E-state index is 12.8. The monoisotopic (exact) mass is 355 g/mol. The number of rotatable bonds is 5. The van der Waals surface area contributed by atoms with Crippen molar-refractivity contribution >= 4 is 5.91 Å². The molecule has 1 unspecified atom stereocenters. The largest absolute Gasteiger partial charge is 0.340 e. The van der Waals surface area contributed by atoms with E-state index in [4.69, 9.17) is 0 Å². The highest BCUT2D eigenvalue weighted by molar-refractivity contribution is 5.94. The van der Waals surface area contributed by atoms with E-state index in [1.165, 1.54) is 6.33 Å². The molecular formula is C21H17N5O. The standard InChI is InChI=1S/C21H17N5O/c27-21(17-9-11-18(12-10-17)26-15-22-14-24-26)25-20(16-6-2-1-3-7-16)19-8-4-5-13-23-19/h1-15,20H,(H,25,27). The highest BCUT2D eigenvalue weighted by Gasteiger charge is 2.18. The van der Waals surface area contributed by atoms with Crippen LogP contribution in [-0.4, -0.2) is 25.7 Å². The molecule has 0 aliphatic carbocycles. The van der Waals surface area contributed by atoms with Gasteiger partial charge in [-0.15, -0.1) is 0 Å². The van der Waals surface area contributed by atoms with Crippen LogP contribution in [-0.2, 0) is 0 Å². The fourth-order valence-electron chi connectivity index (χ4n) is 2.84. The van der Waals surface area contributed by atoms with Gasteiger partial charge in [0, 0.05) is 11.8 Å². The fourth-order valence-corrected chi connectivity index (χ4v) is 2.84. The Bertz CT molecular complexity index is 960. The zero-order valence-electron chi connectivity index (χ0n) is 14.4. The van der Waals surface area contributed by atoms with Gasteiger partial charge in [0.25, 0.3) is 5.91 Å². The first kappa shape index (κ1) is 16.7. The molecule has 132 valence electrons. The van der Waals surface area contributed by atoms with Crippen molar-refractivity contribution in [2.24, 2.45) is 0 Å². The van der Waals surface area contributed by atoms with Gasteiger partial charge in [0.15, 0.2) is 0 Å². The van der Waals surface area contributed by atoms with E-state index >= 15 is 0 Å². The van der Waals surface area contributed by atoms with Gasteiger partial charge in [0.05, 0.1) is 17.4 Å². The van der Waals surface area contributed by atoms with E-state index in [1.54, 1.807) is 29.3 Å². The number of carbonyl (C=O) groups is 1. The van der Waals surface area contributed by atoms with Gasteiger partial charge < -0.3 is 5.32 Å². The van der Waals surface area contributed by atoms with Gasteiger partial charge in [-0.1, -0.05) is 36.4 Å². The van der Waals surface area contributed by atoms with Crippen molar-refractivity contribution in [1.82, 2.24) is 25.1 Å². The minimum absolute atomic E-state index is 0.167. The fraction of sp³-hybridized carbons (Fsp3) is 0.0476. The summed E-state index contributed by atoms with van der Waals surface area (Å²) in [5.74, 6) is -0.167. The maximum Gasteiger partial charge on any atom is 0.252 e. The summed E-state index contributed by atoms with van der Waals surface area (Å²) in [5, 5.41) is 7.17. The molecule has 0 saturated carbocycles. The number of carbonyl (C=O) groups excluding carboxylic acids is 1. The van der Waals surface area contributed by atoms with Crippen molar-refractivity contribution in [3.05, 3.63) is 108 Å². The molecule has 0 aliphatic heterocycles. The molecule has 1 amide bonds. The average molecular weight is 355 g/mol. The number of hydrogen-bond acceptors (Lipinski definition) is 4. The molecule has 4 rings (SSSR count). The molecule has 2 aromatic carbocycles. The molecule has 2 aromatic heterocycles. The number of benzene rings is 2. The second-order valence-corrected chi connectivity index (χ2v) is 5.96. The number of pyridine rings is 1. The van der Waals surface area contributed by atoms with Crippen molar-refractivity contribution in [3.63, 3.8) is 0 Å². The predicted octanol–water partition coefficient (Wildman–Crippen LogP) is 3.18. The number of amides is 1. The van der Waals surface area contributed by atoms with Crippen molar-refractivity contribution in [3.8, 4) is 5.69 Å². The van der Waals surface area contributed by atoms with Crippen molar-refractivity contribution in [2.75, 3.05) is 0 Å². The first-order valence-electron chi connectivity index (χ1n) is 8.53. The average Bonchev–Trinajstić information content (AvgIpc) is 3.28. The lowest BCUT2D eigenvalue weighted by Gasteiger charge is -2.19. The molecule has 0 aliphatic rings. The van der Waals surface area contributed by atoms with Crippen LogP contribution in [0.25, 0.3) is 5.69 Å². The first-order valence-corrected chi connectivity index (χ1v) is 8.53. The van der Waals surface area contributed by atoms with Crippen molar-refractivity contribution < 1.29 is 4.79 Å². The summed E-state index contributed by atoms with van der Waals surface area (Å²) in [6.07, 6.45) is 4.81. The third-order valence-electron chi connectivity index (χ3n) is 4.20. The minimum atomic E-state index is -0.324. The quantitative estimate of drug-likeness (QED) is 0.597. The lowest BCUT2D eigenvalue weighted by Crippen LogP contribution is -2.29. The second-order valence-electron chi connectivity index (χ2n) is 5.96. The Kier molecular flexibility index (Phi) is 4.70. The third kappa shape index (κ3) is 3.74. The van der Waals surface area contributed by atoms with E-state index < -0.39 is 0 Å². The van der Waals surface area contributed by atoms with Crippen molar-refractivity contribution in [2.45, 2.75) is 6.04 Å². The molecule has 0 radical (unpaired) electrons. The van der Waals surface area contributed by atoms with Gasteiger partial charge in [0.2, 0.25) is 0 Å². The Morgan fingerprint density at radius 1 is 0.926 bits per heavy atom. The third-order valence-corrected chi connectivity index (χ3v) is 4.20. The number of aromatic nitrogens is 4. The number of nitrogens with one attached hydrogen (secondary N) is 1. The van der Waals surface area contributed by atoms with E-state index in [1.807, 2.05) is 60.7 Å². The summed E-state index contributed by atoms with van der Waals surface area (Å²) in [7, 11) is 0. The Morgan fingerprint density at radius 2 is 1.70 bits per heavy atom. The molecule has 1 atom stereocenters. The summed E-state index contributed by atoms with van der Waals surface area (Å²) in [6.45, 7) is 0. The Hall–Kier alpha value is -3.80. The molecule has 0 fully saturated rings. The molecular weight excluding hydrogens is 338 g/mol. The molecule has 1 N–H and O–H groups in total. The molecule has 6 heteroatoms. The van der Waals surface area contributed by atoms with Crippen LogP contribution < -0.4 is 5.32 Å². The summed E-state index contributed by atoms with van der Waals surface area (Å²) in [4.78, 5) is 21.2. The van der Waals surface area contributed by atoms with Gasteiger partial charge in [0.1, 0.15) is 12.7 Å². The summed E-state index contributed by atoms with van der Waals surface area (Å²) < 4.78 is 1.64. The maximum atomic E-state index is 12.8. The highest BCUT2D eigenvalue weighted by Crippen LogP contribution is 2.21. The van der Waals surface area contributed by atoms with Crippen LogP contribution in [0.15, 0.2) is 91.6 Å². The van der Waals surface area contributed by atoms with Crippen LogP contribution in [0.5, 0.6) is 0 Å². The molecule has 0 spiro atoms. The molecule has 27 heavy (non-hydrogen) atoms. The highest BCUT2D eigenvalue weighted by atomic mass is 16.1. The molecule has 0 saturated heterocycles. The zero-order valence-corrected chi connectivity index (χ0v) is 14.4. The number of hydrogen-bond donors (Lipinski definition) is 1. The van der Waals surface area contributed by atoms with Gasteiger partial charge >= 0.3 is 0 Å². The first-order chi connectivity index (χ1) is 13.3. The van der Waals surface area contributed by atoms with Crippen LogP contribution in [0.4, 0.5) is 0 Å². The molecule has 2 heterocycles. The van der Waals surface area contributed by atoms with Crippen LogP contribution in [0.1, 0.15) is 27.7 Å². The van der Waals surface area contributed by atoms with Gasteiger partial charge in [-0.3, -0.25) is 9.78 Å². The van der Waals surface area contributed by atoms with Crippen LogP contribution in [0.3, 0.4) is 0 Å². The van der Waals surface area contributed by atoms with E-state index in [-0.39, 0.29) is 11.9 Å². The van der Waals surface area contributed by atoms with Crippen molar-refractivity contribution in [1.29, 1.82) is 0 Å². The van der Waals surface area contributed by atoms with Gasteiger partial charge in [-0.25, -0.2) is 9.67 Å². The summed E-state index contributed by atoms with van der Waals surface area (Å²) >= 11 is 0. The molecule has 0 bridgehead atoms. The van der Waals surface area contributed by atoms with Gasteiger partial charge in [-0.05, 0) is 42.0 Å². The lowest BCUT2D eigenvalue weighted by molar-refractivity contribution is 0.0942. The topological polar surface area (TPSA) is 72.7 Å². The van der Waals surface area contributed by atoms with E-state index in [2.05, 4.69) is 20.4 Å². The lowest BCUT2D eigenvalue weighted by atomic mass is 10.0. The summed E-state index contributed by atoms with van der Waals surface area (Å²) in [5.41, 5.74) is 3.17. The van der Waals surface area contributed by atoms with Crippen LogP contribution in [0, 0.1) is 0 Å². The van der Waals surface area contributed by atoms with E-state index in [0.717, 1.165) is 16.9 Å². The normalized spacial score (nSPS) is 11.7. The van der Waals surface area contributed by atoms with E-state index in [0.29, 0.717) is 5.56 Å². The minimum Gasteiger partial charge on any atom is -0.340 e.